The molecule has 6 atom stereocenters. The van der Waals surface area contributed by atoms with Crippen LogP contribution in [0.25, 0.3) is 0 Å². The van der Waals surface area contributed by atoms with Crippen LogP contribution in [0.2, 0.25) is 0 Å². The normalized spacial score (nSPS) is 31.9. The monoisotopic (exact) mass is 610 g/mol. The summed E-state index contributed by atoms with van der Waals surface area (Å²) in [4.78, 5) is 31.9. The van der Waals surface area contributed by atoms with Gasteiger partial charge in [-0.3, -0.25) is 14.4 Å². The first-order chi connectivity index (χ1) is 15.6. The standard InChI is InChI=1S/3C8H15NO2.La/c3*9-7-5-3-1-2-4-6(7)8(10)11;/h3*6-7H,1-5,9H2,(H,10,11);. The number of carboxylic acids is 3. The van der Waals surface area contributed by atoms with E-state index in [0.29, 0.717) is 0 Å². The van der Waals surface area contributed by atoms with Crippen LogP contribution in [0.3, 0.4) is 0 Å². The van der Waals surface area contributed by atoms with E-state index in [9.17, 15) is 14.4 Å². The van der Waals surface area contributed by atoms with Crippen molar-refractivity contribution >= 4 is 17.9 Å². The van der Waals surface area contributed by atoms with Gasteiger partial charge in [0.1, 0.15) is 0 Å². The van der Waals surface area contributed by atoms with Crippen LogP contribution in [-0.4, -0.2) is 51.4 Å². The molecule has 34 heavy (non-hydrogen) atoms. The zero-order valence-electron chi connectivity index (χ0n) is 20.4. The van der Waals surface area contributed by atoms with Crippen LogP contribution in [0.1, 0.15) is 96.3 Å². The Balaban J connectivity index is 0.000000473. The maximum absolute atomic E-state index is 10.6. The summed E-state index contributed by atoms with van der Waals surface area (Å²) in [6.45, 7) is 0. The van der Waals surface area contributed by atoms with E-state index in [0.717, 1.165) is 96.3 Å². The largest absolute Gasteiger partial charge is 0.481 e. The summed E-state index contributed by atoms with van der Waals surface area (Å²) in [5.41, 5.74) is 17.1. The minimum atomic E-state index is -0.723. The molecular formula is C24H45LaN3O6. The van der Waals surface area contributed by atoms with Crippen molar-refractivity contribution in [2.75, 3.05) is 0 Å². The molecule has 0 aromatic carbocycles. The Morgan fingerprint density at radius 1 is 0.441 bits per heavy atom. The molecule has 10 heteroatoms. The van der Waals surface area contributed by atoms with Crippen molar-refractivity contribution in [3.05, 3.63) is 0 Å². The van der Waals surface area contributed by atoms with Crippen LogP contribution < -0.4 is 17.2 Å². The molecule has 6 unspecified atom stereocenters. The summed E-state index contributed by atoms with van der Waals surface area (Å²) < 4.78 is 0. The molecule has 3 rings (SSSR count). The predicted molar refractivity (Wildman–Crippen MR) is 127 cm³/mol. The van der Waals surface area contributed by atoms with Crippen LogP contribution >= 0.6 is 0 Å². The maximum atomic E-state index is 10.6. The second-order valence-corrected chi connectivity index (χ2v) is 9.74. The van der Waals surface area contributed by atoms with Gasteiger partial charge in [-0.1, -0.05) is 57.8 Å². The van der Waals surface area contributed by atoms with Crippen LogP contribution in [0.4, 0.5) is 0 Å². The van der Waals surface area contributed by atoms with Gasteiger partial charge in [-0.05, 0) is 38.5 Å². The van der Waals surface area contributed by atoms with Crippen molar-refractivity contribution < 1.29 is 65.3 Å². The molecule has 3 fully saturated rings. The summed E-state index contributed by atoms with van der Waals surface area (Å²) in [7, 11) is 0. The Hall–Kier alpha value is -0.515. The summed E-state index contributed by atoms with van der Waals surface area (Å²) in [6.07, 6.45) is 14.6. The molecule has 0 heterocycles. The first-order valence-corrected chi connectivity index (χ1v) is 12.6. The van der Waals surface area contributed by atoms with Crippen molar-refractivity contribution in [1.82, 2.24) is 0 Å². The number of carbonyl (C=O) groups is 3. The van der Waals surface area contributed by atoms with Gasteiger partial charge in [-0.25, -0.2) is 0 Å². The van der Waals surface area contributed by atoms with Crippen molar-refractivity contribution in [1.29, 1.82) is 0 Å². The van der Waals surface area contributed by atoms with Gasteiger partial charge in [0.25, 0.3) is 0 Å². The SMILES string of the molecule is NC1CCCCCC1C(=O)O.NC1CCCCCC1C(=O)O.NC1CCCCCC1C(=O)O.[La]. The zero-order chi connectivity index (χ0) is 24.8. The third-order valence-electron chi connectivity index (χ3n) is 7.16. The third kappa shape index (κ3) is 13.0. The van der Waals surface area contributed by atoms with Crippen LogP contribution in [-0.2, 0) is 14.4 Å². The molecule has 0 aromatic heterocycles. The number of carboxylic acid groups (broad SMARTS) is 3. The van der Waals surface area contributed by atoms with Gasteiger partial charge >= 0.3 is 17.9 Å². The van der Waals surface area contributed by atoms with Gasteiger partial charge in [0, 0.05) is 53.7 Å². The molecular weight excluding hydrogens is 565 g/mol. The molecule has 3 aliphatic rings. The van der Waals surface area contributed by atoms with E-state index < -0.39 is 17.9 Å². The number of hydrogen-bond donors (Lipinski definition) is 6. The smallest absolute Gasteiger partial charge is 0.308 e. The molecule has 195 valence electrons. The van der Waals surface area contributed by atoms with E-state index in [1.807, 2.05) is 0 Å². The molecule has 0 saturated heterocycles. The Morgan fingerprint density at radius 2 is 0.647 bits per heavy atom. The van der Waals surface area contributed by atoms with E-state index in [-0.39, 0.29) is 71.5 Å². The summed E-state index contributed by atoms with van der Waals surface area (Å²) in [5.74, 6) is -3.05. The Bertz CT molecular complexity index is 528. The summed E-state index contributed by atoms with van der Waals surface area (Å²) in [6, 6.07) is -0.347. The number of nitrogens with two attached hydrogens (primary N) is 3. The molecule has 0 bridgehead atoms. The molecule has 3 saturated carbocycles. The van der Waals surface area contributed by atoms with Crippen LogP contribution in [0.15, 0.2) is 0 Å². The zero-order valence-corrected chi connectivity index (χ0v) is 24.1. The van der Waals surface area contributed by atoms with E-state index >= 15 is 0 Å². The maximum Gasteiger partial charge on any atom is 0.308 e. The van der Waals surface area contributed by atoms with Crippen molar-refractivity contribution in [3.63, 3.8) is 0 Å². The van der Waals surface area contributed by atoms with Gasteiger partial charge in [-0.15, -0.1) is 0 Å². The minimum Gasteiger partial charge on any atom is -0.481 e. The summed E-state index contributed by atoms with van der Waals surface area (Å²) in [5, 5.41) is 26.3. The van der Waals surface area contributed by atoms with Crippen LogP contribution in [0, 0.1) is 53.4 Å². The first kappa shape index (κ1) is 33.5. The molecule has 0 spiro atoms. The average molecular weight is 611 g/mol. The molecule has 9 nitrogen and oxygen atoms in total. The number of rotatable bonds is 3. The predicted octanol–water partition coefficient (Wildman–Crippen LogP) is 2.94. The fraction of sp³-hybridized carbons (Fsp3) is 0.875. The van der Waals surface area contributed by atoms with Crippen LogP contribution in [0.5, 0.6) is 0 Å². The first-order valence-electron chi connectivity index (χ1n) is 12.6. The van der Waals surface area contributed by atoms with Crippen molar-refractivity contribution in [2.45, 2.75) is 114 Å². The minimum absolute atomic E-state index is 0. The molecule has 0 aromatic rings. The van der Waals surface area contributed by atoms with Gasteiger partial charge in [0.05, 0.1) is 17.8 Å². The summed E-state index contributed by atoms with van der Waals surface area (Å²) >= 11 is 0. The van der Waals surface area contributed by atoms with E-state index in [4.69, 9.17) is 32.5 Å². The van der Waals surface area contributed by atoms with E-state index in [1.165, 1.54) is 0 Å². The molecule has 3 aliphatic carbocycles. The fourth-order valence-electron chi connectivity index (χ4n) is 4.93. The number of aliphatic carboxylic acids is 3. The third-order valence-corrected chi connectivity index (χ3v) is 7.16. The van der Waals surface area contributed by atoms with Gasteiger partial charge in [0.2, 0.25) is 0 Å². The molecule has 0 aliphatic heterocycles. The topological polar surface area (TPSA) is 190 Å². The number of hydrogen-bond acceptors (Lipinski definition) is 6. The quantitative estimate of drug-likeness (QED) is 0.261. The van der Waals surface area contributed by atoms with Crippen molar-refractivity contribution in [2.24, 2.45) is 35.0 Å². The molecule has 9 N–H and O–H groups in total. The molecule has 1 radical (unpaired) electrons. The Kier molecular flexibility index (Phi) is 18.4. The van der Waals surface area contributed by atoms with Gasteiger partial charge in [0.15, 0.2) is 0 Å². The van der Waals surface area contributed by atoms with Gasteiger partial charge in [-0.2, -0.15) is 0 Å². The van der Waals surface area contributed by atoms with Gasteiger partial charge < -0.3 is 32.5 Å². The Labute approximate surface area is 231 Å². The second-order valence-electron chi connectivity index (χ2n) is 9.74. The van der Waals surface area contributed by atoms with E-state index in [2.05, 4.69) is 0 Å². The molecule has 0 amide bonds. The van der Waals surface area contributed by atoms with E-state index in [1.54, 1.807) is 0 Å². The average Bonchev–Trinajstić information content (AvgIpc) is 3.20. The Morgan fingerprint density at radius 3 is 0.853 bits per heavy atom. The second kappa shape index (κ2) is 18.7. The van der Waals surface area contributed by atoms with Crippen molar-refractivity contribution in [3.8, 4) is 0 Å². The fourth-order valence-corrected chi connectivity index (χ4v) is 4.93.